The molecule has 0 spiro atoms. The number of ether oxygens (including phenoxy) is 1. The standard InChI is InChI=1S/C21H23ClN2O6S/c1-4-24(5-2)31(28,29)17-9-10-19(22)18(12-17)21(27)30-13-20(26)23-16-8-6-7-15(11-16)14(3)25/h6-12H,4-5,13H2,1-3H3,(H,23,26). The monoisotopic (exact) mass is 466 g/mol. The Hall–Kier alpha value is -2.75. The molecule has 31 heavy (non-hydrogen) atoms. The molecule has 0 saturated carbocycles. The first-order valence-electron chi connectivity index (χ1n) is 9.47. The molecule has 0 bridgehead atoms. The van der Waals surface area contributed by atoms with Crippen LogP contribution in [0.25, 0.3) is 0 Å². The summed E-state index contributed by atoms with van der Waals surface area (Å²) in [5.74, 6) is -1.72. The molecule has 0 saturated heterocycles. The van der Waals surface area contributed by atoms with E-state index in [0.717, 1.165) is 6.07 Å². The fourth-order valence-electron chi connectivity index (χ4n) is 2.76. The molecule has 2 aromatic carbocycles. The van der Waals surface area contributed by atoms with Crippen molar-refractivity contribution in [2.45, 2.75) is 25.7 Å². The Kier molecular flexibility index (Phi) is 8.32. The number of sulfonamides is 1. The normalized spacial score (nSPS) is 11.3. The number of carbonyl (C=O) groups excluding carboxylic acids is 3. The van der Waals surface area contributed by atoms with E-state index in [-0.39, 0.29) is 34.4 Å². The van der Waals surface area contributed by atoms with Crippen LogP contribution in [-0.4, -0.2) is 50.1 Å². The smallest absolute Gasteiger partial charge is 0.340 e. The van der Waals surface area contributed by atoms with Gasteiger partial charge in [-0.25, -0.2) is 13.2 Å². The van der Waals surface area contributed by atoms with Gasteiger partial charge in [0.15, 0.2) is 12.4 Å². The van der Waals surface area contributed by atoms with Crippen LogP contribution in [0.2, 0.25) is 5.02 Å². The summed E-state index contributed by atoms with van der Waals surface area (Å²) in [6, 6.07) is 10.0. The third-order valence-corrected chi connectivity index (χ3v) is 6.76. The highest BCUT2D eigenvalue weighted by atomic mass is 35.5. The van der Waals surface area contributed by atoms with E-state index < -0.39 is 28.5 Å². The van der Waals surface area contributed by atoms with Gasteiger partial charge in [-0.1, -0.05) is 37.6 Å². The van der Waals surface area contributed by atoms with Crippen LogP contribution in [0.5, 0.6) is 0 Å². The Bertz CT molecular complexity index is 1100. The summed E-state index contributed by atoms with van der Waals surface area (Å²) in [6.45, 7) is 4.74. The van der Waals surface area contributed by atoms with E-state index in [1.54, 1.807) is 32.0 Å². The molecule has 0 radical (unpaired) electrons. The summed E-state index contributed by atoms with van der Waals surface area (Å²) in [5, 5.41) is 2.52. The molecule has 0 aromatic heterocycles. The van der Waals surface area contributed by atoms with Crippen LogP contribution >= 0.6 is 11.6 Å². The number of nitrogens with one attached hydrogen (secondary N) is 1. The Labute approximate surface area is 186 Å². The lowest BCUT2D eigenvalue weighted by Crippen LogP contribution is -2.30. The number of hydrogen-bond donors (Lipinski definition) is 1. The van der Waals surface area contributed by atoms with Gasteiger partial charge in [-0.2, -0.15) is 4.31 Å². The zero-order valence-electron chi connectivity index (χ0n) is 17.3. The van der Waals surface area contributed by atoms with Gasteiger partial charge in [0.25, 0.3) is 5.91 Å². The minimum absolute atomic E-state index is 0.00179. The number of Topliss-reactive ketones (excluding diaryl/α,β-unsaturated/α-hetero) is 1. The van der Waals surface area contributed by atoms with E-state index in [4.69, 9.17) is 16.3 Å². The molecule has 1 N–H and O–H groups in total. The number of ketones is 1. The maximum absolute atomic E-state index is 12.7. The van der Waals surface area contributed by atoms with Crippen molar-refractivity contribution >= 4 is 45.0 Å². The fraction of sp³-hybridized carbons (Fsp3) is 0.286. The Morgan fingerprint density at radius 2 is 1.74 bits per heavy atom. The van der Waals surface area contributed by atoms with Crippen molar-refractivity contribution in [3.63, 3.8) is 0 Å². The molecule has 2 aromatic rings. The number of rotatable bonds is 9. The topological polar surface area (TPSA) is 110 Å². The third kappa shape index (κ3) is 6.13. The Balaban J connectivity index is 2.11. The number of benzene rings is 2. The van der Waals surface area contributed by atoms with Gasteiger partial charge < -0.3 is 10.1 Å². The Morgan fingerprint density at radius 1 is 1.06 bits per heavy atom. The number of carbonyl (C=O) groups is 3. The number of nitrogens with zero attached hydrogens (tertiary/aromatic N) is 1. The van der Waals surface area contributed by atoms with Gasteiger partial charge in [0.1, 0.15) is 0 Å². The first-order chi connectivity index (χ1) is 14.6. The summed E-state index contributed by atoms with van der Waals surface area (Å²) in [5.41, 5.74) is 0.633. The highest BCUT2D eigenvalue weighted by Crippen LogP contribution is 2.23. The largest absolute Gasteiger partial charge is 0.452 e. The average molecular weight is 467 g/mol. The first kappa shape index (κ1) is 24.5. The van der Waals surface area contributed by atoms with Gasteiger partial charge in [-0.3, -0.25) is 9.59 Å². The quantitative estimate of drug-likeness (QED) is 0.448. The van der Waals surface area contributed by atoms with Crippen molar-refractivity contribution in [3.8, 4) is 0 Å². The maximum atomic E-state index is 12.7. The summed E-state index contributed by atoms with van der Waals surface area (Å²) in [4.78, 5) is 35.8. The predicted molar refractivity (Wildman–Crippen MR) is 117 cm³/mol. The molecule has 1 amide bonds. The number of hydrogen-bond acceptors (Lipinski definition) is 6. The van der Waals surface area contributed by atoms with Gasteiger partial charge in [0.05, 0.1) is 15.5 Å². The second kappa shape index (κ2) is 10.5. The molecular formula is C21H23ClN2O6S. The maximum Gasteiger partial charge on any atom is 0.340 e. The van der Waals surface area contributed by atoms with Crippen LogP contribution in [0.4, 0.5) is 5.69 Å². The van der Waals surface area contributed by atoms with Gasteiger partial charge >= 0.3 is 5.97 Å². The van der Waals surface area contributed by atoms with Crippen molar-refractivity contribution < 1.29 is 27.5 Å². The average Bonchev–Trinajstić information content (AvgIpc) is 2.73. The van der Waals surface area contributed by atoms with Crippen LogP contribution in [0, 0.1) is 0 Å². The van der Waals surface area contributed by atoms with E-state index in [0.29, 0.717) is 11.3 Å². The summed E-state index contributed by atoms with van der Waals surface area (Å²) >= 11 is 6.04. The number of halogens is 1. The van der Waals surface area contributed by atoms with Crippen LogP contribution in [0.15, 0.2) is 47.4 Å². The molecule has 0 aliphatic rings. The fourth-order valence-corrected chi connectivity index (χ4v) is 4.44. The van der Waals surface area contributed by atoms with Gasteiger partial charge in [0.2, 0.25) is 10.0 Å². The predicted octanol–water partition coefficient (Wildman–Crippen LogP) is 3.37. The highest BCUT2D eigenvalue weighted by Gasteiger charge is 2.24. The summed E-state index contributed by atoms with van der Waals surface area (Å²) < 4.78 is 31.6. The van der Waals surface area contributed by atoms with Crippen LogP contribution < -0.4 is 5.32 Å². The van der Waals surface area contributed by atoms with Gasteiger partial charge in [-0.05, 0) is 37.3 Å². The lowest BCUT2D eigenvalue weighted by Gasteiger charge is -2.19. The van der Waals surface area contributed by atoms with Crippen molar-refractivity contribution in [1.82, 2.24) is 4.31 Å². The molecule has 0 atom stereocenters. The minimum Gasteiger partial charge on any atom is -0.452 e. The molecule has 10 heteroatoms. The SMILES string of the molecule is CCN(CC)S(=O)(=O)c1ccc(Cl)c(C(=O)OCC(=O)Nc2cccc(C(C)=O)c2)c1. The van der Waals surface area contributed by atoms with E-state index in [2.05, 4.69) is 5.32 Å². The highest BCUT2D eigenvalue weighted by molar-refractivity contribution is 7.89. The van der Waals surface area contributed by atoms with Crippen LogP contribution in [0.3, 0.4) is 0 Å². The van der Waals surface area contributed by atoms with Gasteiger partial charge in [0, 0.05) is 24.3 Å². The molecule has 166 valence electrons. The first-order valence-corrected chi connectivity index (χ1v) is 11.3. The van der Waals surface area contributed by atoms with E-state index >= 15 is 0 Å². The molecule has 0 aliphatic heterocycles. The molecule has 0 unspecified atom stereocenters. The van der Waals surface area contributed by atoms with Crippen molar-refractivity contribution in [2.75, 3.05) is 25.0 Å². The molecule has 0 aliphatic carbocycles. The van der Waals surface area contributed by atoms with Crippen LogP contribution in [-0.2, 0) is 19.6 Å². The van der Waals surface area contributed by atoms with E-state index in [9.17, 15) is 22.8 Å². The second-order valence-electron chi connectivity index (χ2n) is 6.49. The summed E-state index contributed by atoms with van der Waals surface area (Å²) in [6.07, 6.45) is 0. The molecule has 8 nitrogen and oxygen atoms in total. The molecule has 0 fully saturated rings. The lowest BCUT2D eigenvalue weighted by molar-refractivity contribution is -0.119. The number of amides is 1. The minimum atomic E-state index is -3.80. The molecule has 2 rings (SSSR count). The van der Waals surface area contributed by atoms with Crippen LogP contribution in [0.1, 0.15) is 41.5 Å². The molecule has 0 heterocycles. The summed E-state index contributed by atoms with van der Waals surface area (Å²) in [7, 11) is -3.80. The van der Waals surface area contributed by atoms with Crippen molar-refractivity contribution in [1.29, 1.82) is 0 Å². The zero-order valence-corrected chi connectivity index (χ0v) is 18.9. The Morgan fingerprint density at radius 3 is 2.35 bits per heavy atom. The van der Waals surface area contributed by atoms with Crippen molar-refractivity contribution in [2.24, 2.45) is 0 Å². The molecular weight excluding hydrogens is 444 g/mol. The lowest BCUT2D eigenvalue weighted by atomic mass is 10.1. The number of anilines is 1. The van der Waals surface area contributed by atoms with Gasteiger partial charge in [-0.15, -0.1) is 0 Å². The van der Waals surface area contributed by atoms with Crippen molar-refractivity contribution in [3.05, 3.63) is 58.6 Å². The second-order valence-corrected chi connectivity index (χ2v) is 8.84. The third-order valence-electron chi connectivity index (χ3n) is 4.39. The van der Waals surface area contributed by atoms with E-state index in [1.807, 2.05) is 0 Å². The number of esters is 1. The zero-order chi connectivity index (χ0) is 23.2. The van der Waals surface area contributed by atoms with E-state index in [1.165, 1.54) is 29.4 Å².